The van der Waals surface area contributed by atoms with Crippen LogP contribution in [0.4, 0.5) is 0 Å². The number of piperazine rings is 1. The number of halogens is 1. The lowest BCUT2D eigenvalue weighted by molar-refractivity contribution is -0.133. The molecule has 1 saturated heterocycles. The summed E-state index contributed by atoms with van der Waals surface area (Å²) in [5, 5.41) is 12.6. The molecule has 0 spiro atoms. The smallest absolute Gasteiger partial charge is 0.258 e. The quantitative estimate of drug-likeness (QED) is 0.821. The van der Waals surface area contributed by atoms with Crippen molar-refractivity contribution in [3.63, 3.8) is 0 Å². The van der Waals surface area contributed by atoms with Gasteiger partial charge in [-0.15, -0.1) is 0 Å². The Bertz CT molecular complexity index is 543. The van der Waals surface area contributed by atoms with E-state index in [9.17, 15) is 14.7 Å². The molecule has 1 aromatic rings. The lowest BCUT2D eigenvalue weighted by atomic mass is 9.97. The monoisotopic (exact) mass is 326 g/mol. The zero-order valence-electron chi connectivity index (χ0n) is 10.7. The number of phenolic OH excluding ortho intramolecular Hbond substituents is 1. The molecule has 1 aromatic carbocycles. The van der Waals surface area contributed by atoms with Gasteiger partial charge < -0.3 is 15.3 Å². The van der Waals surface area contributed by atoms with Gasteiger partial charge in [0.15, 0.2) is 0 Å². The summed E-state index contributed by atoms with van der Waals surface area (Å²) in [6.07, 6.45) is 0. The van der Waals surface area contributed by atoms with Crippen LogP contribution in [-0.2, 0) is 4.79 Å². The van der Waals surface area contributed by atoms with Gasteiger partial charge in [-0.1, -0.05) is 15.9 Å². The molecule has 2 N–H and O–H groups in total. The van der Waals surface area contributed by atoms with Gasteiger partial charge in [0.05, 0.1) is 5.56 Å². The summed E-state index contributed by atoms with van der Waals surface area (Å²) in [6, 6.07) is 4.69. The lowest BCUT2D eigenvalue weighted by Crippen LogP contribution is -2.63. The molecule has 0 bridgehead atoms. The van der Waals surface area contributed by atoms with Crippen molar-refractivity contribution in [2.45, 2.75) is 19.4 Å². The Kier molecular flexibility index (Phi) is 3.54. The highest BCUT2D eigenvalue weighted by Gasteiger charge is 2.41. The van der Waals surface area contributed by atoms with Crippen LogP contribution in [0.15, 0.2) is 22.7 Å². The number of nitrogens with one attached hydrogen (secondary N) is 1. The van der Waals surface area contributed by atoms with Crippen molar-refractivity contribution in [1.82, 2.24) is 10.2 Å². The van der Waals surface area contributed by atoms with Gasteiger partial charge >= 0.3 is 0 Å². The molecule has 1 aliphatic heterocycles. The van der Waals surface area contributed by atoms with Crippen molar-refractivity contribution in [1.29, 1.82) is 0 Å². The maximum absolute atomic E-state index is 12.5. The maximum Gasteiger partial charge on any atom is 0.258 e. The Morgan fingerprint density at radius 2 is 2.16 bits per heavy atom. The van der Waals surface area contributed by atoms with Crippen molar-refractivity contribution in [3.05, 3.63) is 28.2 Å². The summed E-state index contributed by atoms with van der Waals surface area (Å²) >= 11 is 3.22. The molecule has 1 aliphatic rings. The number of phenols is 1. The molecule has 0 atom stereocenters. The molecule has 0 aromatic heterocycles. The van der Waals surface area contributed by atoms with E-state index >= 15 is 0 Å². The van der Waals surface area contributed by atoms with E-state index in [1.54, 1.807) is 26.0 Å². The summed E-state index contributed by atoms with van der Waals surface area (Å²) < 4.78 is 0.692. The van der Waals surface area contributed by atoms with Crippen molar-refractivity contribution in [2.24, 2.45) is 0 Å². The molecule has 0 radical (unpaired) electrons. The largest absolute Gasteiger partial charge is 0.507 e. The third-order valence-corrected chi connectivity index (χ3v) is 3.78. The highest BCUT2D eigenvalue weighted by atomic mass is 79.9. The van der Waals surface area contributed by atoms with Crippen LogP contribution in [0, 0.1) is 0 Å². The molecule has 5 nitrogen and oxygen atoms in total. The molecule has 19 heavy (non-hydrogen) atoms. The predicted octanol–water partition coefficient (Wildman–Crippen LogP) is 1.51. The van der Waals surface area contributed by atoms with Crippen molar-refractivity contribution in [3.8, 4) is 5.75 Å². The Morgan fingerprint density at radius 3 is 2.79 bits per heavy atom. The number of hydrogen-bond acceptors (Lipinski definition) is 3. The van der Waals surface area contributed by atoms with E-state index in [4.69, 9.17) is 0 Å². The van der Waals surface area contributed by atoms with E-state index in [2.05, 4.69) is 21.2 Å². The number of aromatic hydroxyl groups is 1. The van der Waals surface area contributed by atoms with E-state index in [-0.39, 0.29) is 23.1 Å². The van der Waals surface area contributed by atoms with E-state index in [1.807, 2.05) is 0 Å². The average Bonchev–Trinajstić information content (AvgIpc) is 2.32. The first-order valence-electron chi connectivity index (χ1n) is 5.93. The Hall–Kier alpha value is -1.56. The minimum atomic E-state index is -0.922. The summed E-state index contributed by atoms with van der Waals surface area (Å²) in [7, 11) is 0. The summed E-state index contributed by atoms with van der Waals surface area (Å²) in [5.74, 6) is -0.630. The highest BCUT2D eigenvalue weighted by Crippen LogP contribution is 2.27. The number of amides is 2. The van der Waals surface area contributed by atoms with Gasteiger partial charge in [0.25, 0.3) is 5.91 Å². The van der Waals surface area contributed by atoms with Crippen LogP contribution in [-0.4, -0.2) is 40.4 Å². The zero-order valence-corrected chi connectivity index (χ0v) is 12.3. The molecule has 0 unspecified atom stereocenters. The van der Waals surface area contributed by atoms with E-state index in [0.29, 0.717) is 17.6 Å². The first-order valence-corrected chi connectivity index (χ1v) is 6.72. The van der Waals surface area contributed by atoms with E-state index < -0.39 is 5.54 Å². The molecule has 102 valence electrons. The molecular formula is C13H15BrN2O3. The topological polar surface area (TPSA) is 69.6 Å². The Labute approximate surface area is 119 Å². The van der Waals surface area contributed by atoms with E-state index in [0.717, 1.165) is 0 Å². The van der Waals surface area contributed by atoms with Gasteiger partial charge in [0.2, 0.25) is 5.91 Å². The van der Waals surface area contributed by atoms with Gasteiger partial charge in [0.1, 0.15) is 11.3 Å². The fourth-order valence-corrected chi connectivity index (χ4v) is 2.44. The molecule has 1 fully saturated rings. The number of carbonyl (C=O) groups excluding carboxylic acids is 2. The minimum Gasteiger partial charge on any atom is -0.507 e. The van der Waals surface area contributed by atoms with Crippen LogP contribution in [0.2, 0.25) is 0 Å². The fraction of sp³-hybridized carbons (Fsp3) is 0.385. The second-order valence-corrected chi connectivity index (χ2v) is 5.85. The van der Waals surface area contributed by atoms with Crippen LogP contribution >= 0.6 is 15.9 Å². The SMILES string of the molecule is CC1(C)C(=O)NCCN1C(=O)c1ccc(Br)cc1O. The first-order chi connectivity index (χ1) is 8.84. The number of benzene rings is 1. The van der Waals surface area contributed by atoms with E-state index in [1.165, 1.54) is 11.0 Å². The molecule has 1 heterocycles. The van der Waals surface area contributed by atoms with Crippen LogP contribution in [0.3, 0.4) is 0 Å². The second-order valence-electron chi connectivity index (χ2n) is 4.93. The van der Waals surface area contributed by atoms with Crippen molar-refractivity contribution in [2.75, 3.05) is 13.1 Å². The highest BCUT2D eigenvalue weighted by molar-refractivity contribution is 9.10. The van der Waals surface area contributed by atoms with Crippen LogP contribution in [0.1, 0.15) is 24.2 Å². The molecule has 0 aliphatic carbocycles. The fourth-order valence-electron chi connectivity index (χ4n) is 2.09. The molecule has 2 amide bonds. The third-order valence-electron chi connectivity index (χ3n) is 3.29. The van der Waals surface area contributed by atoms with Gasteiger partial charge in [0, 0.05) is 17.6 Å². The summed E-state index contributed by atoms with van der Waals surface area (Å²) in [5.41, 5.74) is -0.722. The number of hydrogen-bond donors (Lipinski definition) is 2. The summed E-state index contributed by atoms with van der Waals surface area (Å²) in [4.78, 5) is 25.8. The number of nitrogens with zero attached hydrogens (tertiary/aromatic N) is 1. The maximum atomic E-state index is 12.5. The van der Waals surface area contributed by atoms with Gasteiger partial charge in [-0.2, -0.15) is 0 Å². The molecule has 0 saturated carbocycles. The minimum absolute atomic E-state index is 0.0962. The number of carbonyl (C=O) groups is 2. The Morgan fingerprint density at radius 1 is 1.47 bits per heavy atom. The van der Waals surface area contributed by atoms with Crippen LogP contribution in [0.25, 0.3) is 0 Å². The third kappa shape index (κ3) is 2.45. The average molecular weight is 327 g/mol. The van der Waals surface area contributed by atoms with Gasteiger partial charge in [-0.05, 0) is 32.0 Å². The Balaban J connectivity index is 2.35. The van der Waals surface area contributed by atoms with Gasteiger partial charge in [-0.3, -0.25) is 9.59 Å². The molecule has 6 heteroatoms. The van der Waals surface area contributed by atoms with Crippen LogP contribution in [0.5, 0.6) is 5.75 Å². The summed E-state index contributed by atoms with van der Waals surface area (Å²) in [6.45, 7) is 4.23. The normalized spacial score (nSPS) is 18.1. The predicted molar refractivity (Wildman–Crippen MR) is 73.9 cm³/mol. The zero-order chi connectivity index (χ0) is 14.2. The number of rotatable bonds is 1. The van der Waals surface area contributed by atoms with Gasteiger partial charge in [-0.25, -0.2) is 0 Å². The lowest BCUT2D eigenvalue weighted by Gasteiger charge is -2.41. The first kappa shape index (κ1) is 13.9. The second kappa shape index (κ2) is 4.85. The van der Waals surface area contributed by atoms with Crippen molar-refractivity contribution < 1.29 is 14.7 Å². The van der Waals surface area contributed by atoms with Crippen LogP contribution < -0.4 is 5.32 Å². The van der Waals surface area contributed by atoms with Crippen molar-refractivity contribution >= 4 is 27.7 Å². The molecular weight excluding hydrogens is 312 g/mol. The standard InChI is InChI=1S/C13H15BrN2O3/c1-13(2)12(19)15-5-6-16(13)11(18)9-4-3-8(14)7-10(9)17/h3-4,7,17H,5-6H2,1-2H3,(H,15,19). The molecule has 2 rings (SSSR count).